The quantitative estimate of drug-likeness (QED) is 0.824. The first-order valence-corrected chi connectivity index (χ1v) is 6.47. The van der Waals surface area contributed by atoms with E-state index >= 15 is 0 Å². The summed E-state index contributed by atoms with van der Waals surface area (Å²) in [5.74, 6) is -0.0363. The number of nitrogens with two attached hydrogens (primary N) is 1. The molecule has 1 aromatic heterocycles. The molecule has 1 aromatic rings. The van der Waals surface area contributed by atoms with Crippen LogP contribution in [0.25, 0.3) is 0 Å². The molecule has 1 saturated heterocycles. The molecule has 0 aromatic carbocycles. The van der Waals surface area contributed by atoms with Crippen molar-refractivity contribution in [1.82, 2.24) is 14.7 Å². The van der Waals surface area contributed by atoms with Crippen LogP contribution in [0.1, 0.15) is 43.6 Å². The van der Waals surface area contributed by atoms with Crippen LogP contribution in [0, 0.1) is 5.41 Å². The van der Waals surface area contributed by atoms with Gasteiger partial charge in [-0.3, -0.25) is 9.48 Å². The van der Waals surface area contributed by atoms with Crippen LogP contribution in [0.3, 0.4) is 0 Å². The first-order valence-electron chi connectivity index (χ1n) is 6.47. The van der Waals surface area contributed by atoms with Crippen LogP contribution in [0.2, 0.25) is 0 Å². The van der Waals surface area contributed by atoms with E-state index in [9.17, 15) is 4.79 Å². The molecule has 1 amide bonds. The van der Waals surface area contributed by atoms with Crippen molar-refractivity contribution in [2.75, 3.05) is 18.8 Å². The van der Waals surface area contributed by atoms with Gasteiger partial charge < -0.3 is 10.6 Å². The first-order chi connectivity index (χ1) is 8.39. The van der Waals surface area contributed by atoms with Crippen LogP contribution in [0.5, 0.6) is 0 Å². The molecule has 1 fully saturated rings. The van der Waals surface area contributed by atoms with Crippen molar-refractivity contribution in [1.29, 1.82) is 0 Å². The fourth-order valence-corrected chi connectivity index (χ4v) is 2.45. The molecule has 2 N–H and O–H groups in total. The number of carbonyl (C=O) groups excluding carboxylic acids is 1. The smallest absolute Gasteiger partial charge is 0.276 e. The second-order valence-corrected chi connectivity index (χ2v) is 5.92. The topological polar surface area (TPSA) is 64.2 Å². The van der Waals surface area contributed by atoms with Crippen LogP contribution in [0.4, 0.5) is 5.69 Å². The van der Waals surface area contributed by atoms with Crippen molar-refractivity contribution in [2.45, 2.75) is 33.1 Å². The van der Waals surface area contributed by atoms with E-state index in [1.807, 2.05) is 4.90 Å². The zero-order chi connectivity index (χ0) is 13.3. The van der Waals surface area contributed by atoms with Crippen molar-refractivity contribution < 1.29 is 4.79 Å². The van der Waals surface area contributed by atoms with Gasteiger partial charge in [-0.15, -0.1) is 0 Å². The molecule has 0 radical (unpaired) electrons. The average Bonchev–Trinajstić information content (AvgIpc) is 2.50. The Morgan fingerprint density at radius 2 is 2.11 bits per heavy atom. The summed E-state index contributed by atoms with van der Waals surface area (Å²) in [7, 11) is 1.78. The Morgan fingerprint density at radius 1 is 1.39 bits per heavy atom. The molecule has 5 nitrogen and oxygen atoms in total. The molecule has 0 unspecified atom stereocenters. The number of carbonyl (C=O) groups is 1. The minimum atomic E-state index is -0.0363. The number of likely N-dealkylation sites (tertiary alicyclic amines) is 1. The van der Waals surface area contributed by atoms with Crippen LogP contribution in [-0.4, -0.2) is 33.7 Å². The van der Waals surface area contributed by atoms with Gasteiger partial charge in [0.15, 0.2) is 5.69 Å². The lowest BCUT2D eigenvalue weighted by molar-refractivity contribution is 0.0751. The van der Waals surface area contributed by atoms with Gasteiger partial charge in [0.05, 0.1) is 5.69 Å². The third kappa shape index (κ3) is 2.66. The van der Waals surface area contributed by atoms with Gasteiger partial charge in [0.25, 0.3) is 5.91 Å². The van der Waals surface area contributed by atoms with E-state index in [1.54, 1.807) is 17.9 Å². The Balaban J connectivity index is 2.12. The van der Waals surface area contributed by atoms with E-state index in [4.69, 9.17) is 5.73 Å². The molecule has 0 atom stereocenters. The second-order valence-electron chi connectivity index (χ2n) is 5.92. The highest BCUT2D eigenvalue weighted by Gasteiger charge is 2.27. The molecule has 0 aliphatic carbocycles. The molecular weight excluding hydrogens is 228 g/mol. The average molecular weight is 250 g/mol. The summed E-state index contributed by atoms with van der Waals surface area (Å²) in [6.07, 6.45) is 4.92. The number of aryl methyl sites for hydroxylation is 1. The van der Waals surface area contributed by atoms with Crippen molar-refractivity contribution in [2.24, 2.45) is 12.5 Å². The fourth-order valence-electron chi connectivity index (χ4n) is 2.45. The SMILES string of the molecule is Cn1cc(N)c(C(=O)N2CCCC(C)(C)CC2)n1. The van der Waals surface area contributed by atoms with E-state index < -0.39 is 0 Å². The highest BCUT2D eigenvalue weighted by molar-refractivity contribution is 5.97. The summed E-state index contributed by atoms with van der Waals surface area (Å²) in [5, 5.41) is 4.15. The molecule has 18 heavy (non-hydrogen) atoms. The molecule has 0 bridgehead atoms. The molecule has 1 aliphatic heterocycles. The lowest BCUT2D eigenvalue weighted by atomic mass is 9.85. The Morgan fingerprint density at radius 3 is 2.72 bits per heavy atom. The summed E-state index contributed by atoms with van der Waals surface area (Å²) in [4.78, 5) is 14.3. The second kappa shape index (κ2) is 4.63. The third-order valence-electron chi connectivity index (χ3n) is 3.69. The van der Waals surface area contributed by atoms with E-state index in [1.165, 1.54) is 0 Å². The van der Waals surface area contributed by atoms with Crippen molar-refractivity contribution in [3.8, 4) is 0 Å². The van der Waals surface area contributed by atoms with Crippen molar-refractivity contribution in [3.05, 3.63) is 11.9 Å². The zero-order valence-corrected chi connectivity index (χ0v) is 11.4. The molecule has 100 valence electrons. The molecule has 2 heterocycles. The lowest BCUT2D eigenvalue weighted by Crippen LogP contribution is -2.33. The molecule has 5 heteroatoms. The molecule has 2 rings (SSSR count). The van der Waals surface area contributed by atoms with Crippen LogP contribution in [-0.2, 0) is 7.05 Å². The maximum atomic E-state index is 12.4. The van der Waals surface area contributed by atoms with Crippen LogP contribution < -0.4 is 5.73 Å². The summed E-state index contributed by atoms with van der Waals surface area (Å²) < 4.78 is 1.59. The van der Waals surface area contributed by atoms with E-state index in [-0.39, 0.29) is 5.91 Å². The number of nitrogen functional groups attached to an aromatic ring is 1. The summed E-state index contributed by atoms with van der Waals surface area (Å²) in [6.45, 7) is 6.12. The largest absolute Gasteiger partial charge is 0.396 e. The van der Waals surface area contributed by atoms with Crippen molar-refractivity contribution >= 4 is 11.6 Å². The van der Waals surface area contributed by atoms with Gasteiger partial charge >= 0.3 is 0 Å². The minimum Gasteiger partial charge on any atom is -0.396 e. The molecule has 0 saturated carbocycles. The van der Waals surface area contributed by atoms with E-state index in [0.29, 0.717) is 16.8 Å². The highest BCUT2D eigenvalue weighted by Crippen LogP contribution is 2.30. The third-order valence-corrected chi connectivity index (χ3v) is 3.69. The summed E-state index contributed by atoms with van der Waals surface area (Å²) in [6, 6.07) is 0. The van der Waals surface area contributed by atoms with Gasteiger partial charge in [-0.2, -0.15) is 5.10 Å². The summed E-state index contributed by atoms with van der Waals surface area (Å²) in [5.41, 5.74) is 6.98. The van der Waals surface area contributed by atoms with Gasteiger partial charge in [-0.25, -0.2) is 0 Å². The number of aromatic nitrogens is 2. The molecule has 1 aliphatic rings. The van der Waals surface area contributed by atoms with Gasteiger partial charge in [0.2, 0.25) is 0 Å². The van der Waals surface area contributed by atoms with Crippen molar-refractivity contribution in [3.63, 3.8) is 0 Å². The Kier molecular flexibility index (Phi) is 3.32. The first kappa shape index (κ1) is 12.9. The van der Waals surface area contributed by atoms with Crippen LogP contribution in [0.15, 0.2) is 6.20 Å². The normalized spacial score (nSPS) is 19.6. The van der Waals surface area contributed by atoms with Gasteiger partial charge in [-0.1, -0.05) is 13.8 Å². The number of hydrogen-bond donors (Lipinski definition) is 1. The lowest BCUT2D eigenvalue weighted by Gasteiger charge is -2.23. The highest BCUT2D eigenvalue weighted by atomic mass is 16.2. The van der Waals surface area contributed by atoms with Gasteiger partial charge in [-0.05, 0) is 24.7 Å². The zero-order valence-electron chi connectivity index (χ0n) is 11.4. The van der Waals surface area contributed by atoms with E-state index in [2.05, 4.69) is 18.9 Å². The van der Waals surface area contributed by atoms with E-state index in [0.717, 1.165) is 32.4 Å². The maximum absolute atomic E-state index is 12.4. The number of amides is 1. The fraction of sp³-hybridized carbons (Fsp3) is 0.692. The number of hydrogen-bond acceptors (Lipinski definition) is 3. The molecule has 0 spiro atoms. The Bertz CT molecular complexity index is 450. The summed E-state index contributed by atoms with van der Waals surface area (Å²) >= 11 is 0. The number of anilines is 1. The standard InChI is InChI=1S/C13H22N4O/c1-13(2)5-4-7-17(8-6-13)12(18)11-10(14)9-16(3)15-11/h9H,4-8,14H2,1-3H3. The predicted molar refractivity (Wildman–Crippen MR) is 71.2 cm³/mol. The monoisotopic (exact) mass is 250 g/mol. The Hall–Kier alpha value is -1.52. The maximum Gasteiger partial charge on any atom is 0.276 e. The minimum absolute atomic E-state index is 0.0363. The number of nitrogens with zero attached hydrogens (tertiary/aromatic N) is 3. The predicted octanol–water partition coefficient (Wildman–Crippen LogP) is 1.65. The van der Waals surface area contributed by atoms with Gasteiger partial charge in [0, 0.05) is 26.3 Å². The van der Waals surface area contributed by atoms with Gasteiger partial charge in [0.1, 0.15) is 0 Å². The molecular formula is C13H22N4O. The Labute approximate surface area is 108 Å². The number of rotatable bonds is 1. The van der Waals surface area contributed by atoms with Crippen LogP contribution >= 0.6 is 0 Å².